The third-order valence-corrected chi connectivity index (χ3v) is 4.09. The molecule has 8 heteroatoms. The van der Waals surface area contributed by atoms with Crippen molar-refractivity contribution in [1.82, 2.24) is 5.32 Å². The van der Waals surface area contributed by atoms with Crippen LogP contribution in [0.2, 0.25) is 0 Å². The second-order valence-corrected chi connectivity index (χ2v) is 6.37. The monoisotopic (exact) mass is 407 g/mol. The topological polar surface area (TPSA) is 103 Å². The van der Waals surface area contributed by atoms with E-state index in [0.29, 0.717) is 28.4 Å². The number of carbonyl (C=O) groups excluding carboxylic acids is 2. The molecule has 152 valence electrons. The molecule has 0 aliphatic rings. The van der Waals surface area contributed by atoms with Crippen LogP contribution < -0.4 is 25.8 Å². The Labute approximate surface area is 171 Å². The number of hydrogen-bond acceptors (Lipinski definition) is 5. The molecule has 0 radical (unpaired) electrons. The highest BCUT2D eigenvalue weighted by atomic mass is 35.5. The van der Waals surface area contributed by atoms with Gasteiger partial charge in [0, 0.05) is 11.3 Å². The average Bonchev–Trinajstić information content (AvgIpc) is 2.65. The highest BCUT2D eigenvalue weighted by Crippen LogP contribution is 2.24. The number of amides is 2. The lowest BCUT2D eigenvalue weighted by Gasteiger charge is -2.22. The van der Waals surface area contributed by atoms with Crippen LogP contribution in [-0.4, -0.2) is 32.1 Å². The maximum atomic E-state index is 12.7. The Morgan fingerprint density at radius 1 is 1.00 bits per heavy atom. The minimum absolute atomic E-state index is 0. The van der Waals surface area contributed by atoms with E-state index in [2.05, 4.69) is 10.6 Å². The van der Waals surface area contributed by atoms with E-state index >= 15 is 0 Å². The summed E-state index contributed by atoms with van der Waals surface area (Å²) >= 11 is 0. The Morgan fingerprint density at radius 3 is 2.14 bits per heavy atom. The fraction of sp³-hybridized carbons (Fsp3) is 0.300. The van der Waals surface area contributed by atoms with E-state index in [-0.39, 0.29) is 30.1 Å². The Bertz CT molecular complexity index is 810. The summed E-state index contributed by atoms with van der Waals surface area (Å²) in [6.07, 6.45) is 0. The van der Waals surface area contributed by atoms with Crippen molar-refractivity contribution in [2.24, 2.45) is 5.92 Å². The van der Waals surface area contributed by atoms with Gasteiger partial charge in [-0.25, -0.2) is 0 Å². The van der Waals surface area contributed by atoms with E-state index in [1.807, 2.05) is 13.8 Å². The predicted octanol–water partition coefficient (Wildman–Crippen LogP) is 3.10. The second kappa shape index (κ2) is 10.4. The van der Waals surface area contributed by atoms with Crippen LogP contribution in [0.15, 0.2) is 42.5 Å². The van der Waals surface area contributed by atoms with Gasteiger partial charge in [0.25, 0.3) is 5.91 Å². The van der Waals surface area contributed by atoms with E-state index in [0.717, 1.165) is 0 Å². The van der Waals surface area contributed by atoms with Gasteiger partial charge in [-0.15, -0.1) is 12.4 Å². The minimum Gasteiger partial charge on any atom is -0.497 e. The fourth-order valence-electron chi connectivity index (χ4n) is 2.53. The maximum Gasteiger partial charge on any atom is 0.251 e. The number of carbonyl (C=O) groups is 2. The Kier molecular flexibility index (Phi) is 8.60. The smallest absolute Gasteiger partial charge is 0.251 e. The molecule has 2 aromatic rings. The van der Waals surface area contributed by atoms with Crippen LogP contribution in [0, 0.1) is 5.92 Å². The predicted molar refractivity (Wildman–Crippen MR) is 112 cm³/mol. The number of nitrogens with one attached hydrogen (secondary N) is 2. The zero-order chi connectivity index (χ0) is 20.0. The van der Waals surface area contributed by atoms with Crippen LogP contribution in [0.5, 0.6) is 11.5 Å². The van der Waals surface area contributed by atoms with Gasteiger partial charge in [-0.3, -0.25) is 9.59 Å². The highest BCUT2D eigenvalue weighted by Gasteiger charge is 2.25. The van der Waals surface area contributed by atoms with E-state index in [1.54, 1.807) is 49.6 Å². The summed E-state index contributed by atoms with van der Waals surface area (Å²) in [5.41, 5.74) is 7.26. The molecule has 2 rings (SSSR count). The molecule has 4 N–H and O–H groups in total. The van der Waals surface area contributed by atoms with Crippen molar-refractivity contribution < 1.29 is 19.1 Å². The Hall–Kier alpha value is -2.93. The first-order valence-corrected chi connectivity index (χ1v) is 8.55. The number of ether oxygens (including phenoxy) is 2. The van der Waals surface area contributed by atoms with Gasteiger partial charge >= 0.3 is 0 Å². The summed E-state index contributed by atoms with van der Waals surface area (Å²) in [4.78, 5) is 25.2. The lowest BCUT2D eigenvalue weighted by molar-refractivity contribution is -0.118. The van der Waals surface area contributed by atoms with Gasteiger partial charge < -0.3 is 25.8 Å². The first-order valence-electron chi connectivity index (χ1n) is 8.55. The Balaban J connectivity index is 0.00000392. The van der Waals surface area contributed by atoms with Crippen molar-refractivity contribution >= 4 is 35.6 Å². The molecule has 0 saturated carbocycles. The number of nitrogens with two attached hydrogens (primary N) is 1. The van der Waals surface area contributed by atoms with Gasteiger partial charge in [-0.1, -0.05) is 13.8 Å². The maximum absolute atomic E-state index is 12.7. The molecule has 0 aliphatic heterocycles. The van der Waals surface area contributed by atoms with Gasteiger partial charge in [0.15, 0.2) is 0 Å². The summed E-state index contributed by atoms with van der Waals surface area (Å²) in [5.74, 6) is 0.419. The molecule has 0 heterocycles. The molecule has 0 spiro atoms. The van der Waals surface area contributed by atoms with Crippen molar-refractivity contribution in [3.8, 4) is 11.5 Å². The number of hydrogen-bond donors (Lipinski definition) is 3. The largest absolute Gasteiger partial charge is 0.497 e. The first kappa shape index (κ1) is 23.1. The van der Waals surface area contributed by atoms with Gasteiger partial charge in [-0.2, -0.15) is 0 Å². The van der Waals surface area contributed by atoms with Crippen LogP contribution in [0.4, 0.5) is 11.4 Å². The van der Waals surface area contributed by atoms with Gasteiger partial charge in [0.05, 0.1) is 19.9 Å². The molecule has 0 saturated heterocycles. The zero-order valence-corrected chi connectivity index (χ0v) is 17.1. The molecule has 0 aromatic heterocycles. The number of benzene rings is 2. The van der Waals surface area contributed by atoms with Crippen molar-refractivity contribution in [2.45, 2.75) is 19.9 Å². The van der Waals surface area contributed by atoms with Crippen molar-refractivity contribution in [1.29, 1.82) is 0 Å². The standard InChI is InChI=1S/C20H25N3O4.ClH/c1-12(2)18(23-19(24)13-5-8-15(26-3)9-6-13)20(25)22-14-7-10-17(27-4)16(21)11-14;/h5-12,18H,21H2,1-4H3,(H,22,25)(H,23,24);1H. The first-order chi connectivity index (χ1) is 12.8. The van der Waals surface area contributed by atoms with E-state index in [4.69, 9.17) is 15.2 Å². The zero-order valence-electron chi connectivity index (χ0n) is 16.3. The SMILES string of the molecule is COc1ccc(C(=O)NC(C(=O)Nc2ccc(OC)c(N)c2)C(C)C)cc1.Cl. The van der Waals surface area contributed by atoms with Crippen LogP contribution in [0.3, 0.4) is 0 Å². The Morgan fingerprint density at radius 2 is 1.64 bits per heavy atom. The average molecular weight is 408 g/mol. The summed E-state index contributed by atoms with van der Waals surface area (Å²) in [6.45, 7) is 3.72. The fourth-order valence-corrected chi connectivity index (χ4v) is 2.53. The highest BCUT2D eigenvalue weighted by molar-refractivity contribution is 6.01. The van der Waals surface area contributed by atoms with E-state index in [1.165, 1.54) is 7.11 Å². The van der Waals surface area contributed by atoms with Crippen LogP contribution >= 0.6 is 12.4 Å². The molecule has 28 heavy (non-hydrogen) atoms. The molecule has 0 fully saturated rings. The summed E-state index contributed by atoms with van der Waals surface area (Å²) in [6, 6.07) is 10.9. The molecule has 2 amide bonds. The molecule has 0 bridgehead atoms. The molecular formula is C20H26ClN3O4. The normalized spacial score (nSPS) is 11.2. The molecule has 7 nitrogen and oxygen atoms in total. The number of nitrogen functional groups attached to an aromatic ring is 1. The molecule has 2 aromatic carbocycles. The minimum atomic E-state index is -0.706. The third kappa shape index (κ3) is 5.79. The second-order valence-electron chi connectivity index (χ2n) is 6.37. The van der Waals surface area contributed by atoms with Gasteiger partial charge in [-0.05, 0) is 48.4 Å². The lowest BCUT2D eigenvalue weighted by atomic mass is 10.0. The van der Waals surface area contributed by atoms with Crippen molar-refractivity contribution in [3.63, 3.8) is 0 Å². The quantitative estimate of drug-likeness (QED) is 0.612. The number of anilines is 2. The summed E-state index contributed by atoms with van der Waals surface area (Å²) in [7, 11) is 3.08. The number of rotatable bonds is 7. The van der Waals surface area contributed by atoms with E-state index < -0.39 is 6.04 Å². The van der Waals surface area contributed by atoms with Crippen molar-refractivity contribution in [3.05, 3.63) is 48.0 Å². The van der Waals surface area contributed by atoms with Crippen LogP contribution in [-0.2, 0) is 4.79 Å². The lowest BCUT2D eigenvalue weighted by Crippen LogP contribution is -2.47. The summed E-state index contributed by atoms with van der Waals surface area (Å²) < 4.78 is 10.2. The molecule has 1 atom stereocenters. The third-order valence-electron chi connectivity index (χ3n) is 4.09. The number of methoxy groups -OCH3 is 2. The van der Waals surface area contributed by atoms with Crippen LogP contribution in [0.1, 0.15) is 24.2 Å². The van der Waals surface area contributed by atoms with Crippen LogP contribution in [0.25, 0.3) is 0 Å². The molecule has 0 aliphatic carbocycles. The van der Waals surface area contributed by atoms with Gasteiger partial charge in [0.2, 0.25) is 5.91 Å². The molecule has 1 unspecified atom stereocenters. The van der Waals surface area contributed by atoms with E-state index in [9.17, 15) is 9.59 Å². The summed E-state index contributed by atoms with van der Waals surface area (Å²) in [5, 5.41) is 5.56. The number of halogens is 1. The molecular weight excluding hydrogens is 382 g/mol. The van der Waals surface area contributed by atoms with Gasteiger partial charge in [0.1, 0.15) is 17.5 Å². The van der Waals surface area contributed by atoms with Crippen molar-refractivity contribution in [2.75, 3.05) is 25.3 Å².